The van der Waals surface area contributed by atoms with Gasteiger partial charge in [-0.05, 0) is 36.0 Å². The van der Waals surface area contributed by atoms with Crippen LogP contribution in [0.25, 0.3) is 0 Å². The number of ether oxygens (including phenoxy) is 1. The van der Waals surface area contributed by atoms with Crippen molar-refractivity contribution in [2.24, 2.45) is 5.92 Å². The van der Waals surface area contributed by atoms with Crippen LogP contribution in [0, 0.1) is 5.92 Å². The topological polar surface area (TPSA) is 58.6 Å². The number of benzene rings is 1. The third kappa shape index (κ3) is 5.21. The van der Waals surface area contributed by atoms with Gasteiger partial charge in [0.1, 0.15) is 11.8 Å². The molecule has 0 heterocycles. The highest BCUT2D eigenvalue weighted by Crippen LogP contribution is 2.19. The van der Waals surface area contributed by atoms with E-state index in [0.717, 1.165) is 5.75 Å². The molecule has 0 radical (unpaired) electrons. The summed E-state index contributed by atoms with van der Waals surface area (Å²) in [5, 5.41) is 12.3. The van der Waals surface area contributed by atoms with E-state index < -0.39 is 12.0 Å². The Balaban J connectivity index is 2.55. The number of rotatable bonds is 8. The second kappa shape index (κ2) is 7.90. The Kier molecular flexibility index (Phi) is 6.52. The molecule has 4 nitrogen and oxygen atoms in total. The van der Waals surface area contributed by atoms with E-state index in [1.54, 1.807) is 7.11 Å². The average Bonchev–Trinajstić information content (AvgIpc) is 2.42. The quantitative estimate of drug-likeness (QED) is 0.768. The van der Waals surface area contributed by atoms with Gasteiger partial charge in [0.05, 0.1) is 7.11 Å². The third-order valence-electron chi connectivity index (χ3n) is 3.36. The molecule has 0 saturated heterocycles. The van der Waals surface area contributed by atoms with Crippen LogP contribution in [0.2, 0.25) is 0 Å². The van der Waals surface area contributed by atoms with Crippen LogP contribution in [-0.2, 0) is 4.79 Å². The molecule has 112 valence electrons. The number of methoxy groups -OCH3 is 1. The lowest BCUT2D eigenvalue weighted by atomic mass is 9.99. The molecule has 0 saturated carbocycles. The molecule has 2 unspecified atom stereocenters. The zero-order valence-electron chi connectivity index (χ0n) is 12.7. The Bertz CT molecular complexity index is 414. The summed E-state index contributed by atoms with van der Waals surface area (Å²) in [7, 11) is 1.64. The molecular weight excluding hydrogens is 254 g/mol. The van der Waals surface area contributed by atoms with Gasteiger partial charge in [-0.15, -0.1) is 0 Å². The molecule has 0 aliphatic carbocycles. The Labute approximate surface area is 121 Å². The highest BCUT2D eigenvalue weighted by molar-refractivity contribution is 5.73. The standard InChI is InChI=1S/C16H25NO3/c1-11(2)9-15(16(18)19)17-10-12(3)13-5-7-14(20-4)8-6-13/h5-8,11-12,15,17H,9-10H2,1-4H3,(H,18,19). The normalized spacial score (nSPS) is 14.1. The largest absolute Gasteiger partial charge is 0.497 e. The van der Waals surface area contributed by atoms with E-state index in [4.69, 9.17) is 4.74 Å². The van der Waals surface area contributed by atoms with Crippen molar-refractivity contribution in [3.05, 3.63) is 29.8 Å². The fourth-order valence-corrected chi connectivity index (χ4v) is 2.11. The number of carbonyl (C=O) groups is 1. The molecule has 2 N–H and O–H groups in total. The molecule has 0 aliphatic rings. The van der Waals surface area contributed by atoms with Gasteiger partial charge in [0.15, 0.2) is 0 Å². The number of carboxylic acids is 1. The second-order valence-electron chi connectivity index (χ2n) is 5.60. The zero-order chi connectivity index (χ0) is 15.1. The monoisotopic (exact) mass is 279 g/mol. The van der Waals surface area contributed by atoms with Crippen LogP contribution in [0.4, 0.5) is 0 Å². The van der Waals surface area contributed by atoms with E-state index >= 15 is 0 Å². The van der Waals surface area contributed by atoms with E-state index in [2.05, 4.69) is 12.2 Å². The number of nitrogens with one attached hydrogen (secondary N) is 1. The Morgan fingerprint density at radius 3 is 2.30 bits per heavy atom. The van der Waals surface area contributed by atoms with Gasteiger partial charge in [-0.25, -0.2) is 0 Å². The van der Waals surface area contributed by atoms with Crippen molar-refractivity contribution in [1.82, 2.24) is 5.32 Å². The van der Waals surface area contributed by atoms with E-state index in [-0.39, 0.29) is 5.92 Å². The van der Waals surface area contributed by atoms with Crippen LogP contribution in [0.5, 0.6) is 5.75 Å². The summed E-state index contributed by atoms with van der Waals surface area (Å²) >= 11 is 0. The summed E-state index contributed by atoms with van der Waals surface area (Å²) in [5.74, 6) is 0.674. The minimum Gasteiger partial charge on any atom is -0.497 e. The molecule has 0 bridgehead atoms. The fourth-order valence-electron chi connectivity index (χ4n) is 2.11. The summed E-state index contributed by atoms with van der Waals surface area (Å²) in [4.78, 5) is 11.2. The van der Waals surface area contributed by atoms with Crippen molar-refractivity contribution in [3.8, 4) is 5.75 Å². The average molecular weight is 279 g/mol. The SMILES string of the molecule is COc1ccc(C(C)CNC(CC(C)C)C(=O)O)cc1. The van der Waals surface area contributed by atoms with Crippen LogP contribution in [0.3, 0.4) is 0 Å². The molecule has 0 aliphatic heterocycles. The maximum absolute atomic E-state index is 11.2. The first-order valence-electron chi connectivity index (χ1n) is 7.04. The van der Waals surface area contributed by atoms with Crippen molar-refractivity contribution >= 4 is 5.97 Å². The van der Waals surface area contributed by atoms with Crippen molar-refractivity contribution in [2.75, 3.05) is 13.7 Å². The van der Waals surface area contributed by atoms with Crippen LogP contribution in [0.1, 0.15) is 38.7 Å². The predicted molar refractivity (Wildman–Crippen MR) is 80.3 cm³/mol. The molecule has 1 aromatic rings. The van der Waals surface area contributed by atoms with Crippen LogP contribution in [0.15, 0.2) is 24.3 Å². The van der Waals surface area contributed by atoms with Crippen LogP contribution in [-0.4, -0.2) is 30.8 Å². The Morgan fingerprint density at radius 1 is 1.25 bits per heavy atom. The van der Waals surface area contributed by atoms with E-state index in [9.17, 15) is 9.90 Å². The van der Waals surface area contributed by atoms with Gasteiger partial charge in [0, 0.05) is 6.54 Å². The molecule has 0 aromatic heterocycles. The third-order valence-corrected chi connectivity index (χ3v) is 3.36. The number of carboxylic acid groups (broad SMARTS) is 1. The predicted octanol–water partition coefficient (Wildman–Crippen LogP) is 2.89. The first-order valence-corrected chi connectivity index (χ1v) is 7.04. The first-order chi connectivity index (χ1) is 9.43. The summed E-state index contributed by atoms with van der Waals surface area (Å²) in [5.41, 5.74) is 1.17. The minimum atomic E-state index is -0.777. The summed E-state index contributed by atoms with van der Waals surface area (Å²) in [6.45, 7) is 6.80. The molecule has 2 atom stereocenters. The van der Waals surface area contributed by atoms with E-state index in [0.29, 0.717) is 18.9 Å². The van der Waals surface area contributed by atoms with E-state index in [1.807, 2.05) is 38.1 Å². The molecule has 0 fully saturated rings. The molecule has 4 heteroatoms. The molecule has 0 amide bonds. The molecular formula is C16H25NO3. The van der Waals surface area contributed by atoms with Gasteiger partial charge in [-0.2, -0.15) is 0 Å². The second-order valence-corrected chi connectivity index (χ2v) is 5.60. The van der Waals surface area contributed by atoms with Gasteiger partial charge in [0.2, 0.25) is 0 Å². The molecule has 1 rings (SSSR count). The summed E-state index contributed by atoms with van der Waals surface area (Å²) in [6.07, 6.45) is 0.644. The maximum atomic E-state index is 11.2. The van der Waals surface area contributed by atoms with Gasteiger partial charge in [-0.3, -0.25) is 4.79 Å². The fraction of sp³-hybridized carbons (Fsp3) is 0.562. The summed E-state index contributed by atoms with van der Waals surface area (Å²) in [6, 6.07) is 7.41. The van der Waals surface area contributed by atoms with Crippen molar-refractivity contribution < 1.29 is 14.6 Å². The van der Waals surface area contributed by atoms with Crippen LogP contribution < -0.4 is 10.1 Å². The zero-order valence-corrected chi connectivity index (χ0v) is 12.7. The smallest absolute Gasteiger partial charge is 0.320 e. The molecule has 0 spiro atoms. The lowest BCUT2D eigenvalue weighted by Crippen LogP contribution is -2.39. The van der Waals surface area contributed by atoms with Crippen molar-refractivity contribution in [3.63, 3.8) is 0 Å². The summed E-state index contributed by atoms with van der Waals surface area (Å²) < 4.78 is 5.13. The maximum Gasteiger partial charge on any atom is 0.320 e. The van der Waals surface area contributed by atoms with Gasteiger partial charge in [0.25, 0.3) is 0 Å². The lowest BCUT2D eigenvalue weighted by molar-refractivity contribution is -0.139. The molecule has 20 heavy (non-hydrogen) atoms. The van der Waals surface area contributed by atoms with Crippen LogP contribution >= 0.6 is 0 Å². The highest BCUT2D eigenvalue weighted by atomic mass is 16.5. The Morgan fingerprint density at radius 2 is 1.85 bits per heavy atom. The molecule has 1 aromatic carbocycles. The van der Waals surface area contributed by atoms with Crippen molar-refractivity contribution in [1.29, 1.82) is 0 Å². The Hall–Kier alpha value is -1.55. The number of aliphatic carboxylic acids is 1. The van der Waals surface area contributed by atoms with E-state index in [1.165, 1.54) is 5.56 Å². The van der Waals surface area contributed by atoms with Gasteiger partial charge in [-0.1, -0.05) is 32.9 Å². The highest BCUT2D eigenvalue weighted by Gasteiger charge is 2.19. The van der Waals surface area contributed by atoms with Gasteiger partial charge < -0.3 is 15.2 Å². The first kappa shape index (κ1) is 16.5. The number of hydrogen-bond acceptors (Lipinski definition) is 3. The lowest BCUT2D eigenvalue weighted by Gasteiger charge is -2.19. The van der Waals surface area contributed by atoms with Gasteiger partial charge >= 0.3 is 5.97 Å². The minimum absolute atomic E-state index is 0.259. The van der Waals surface area contributed by atoms with Crippen molar-refractivity contribution in [2.45, 2.75) is 39.2 Å². The number of hydrogen-bond donors (Lipinski definition) is 2.